The van der Waals surface area contributed by atoms with E-state index in [4.69, 9.17) is 9.84 Å². The zero-order valence-electron chi connectivity index (χ0n) is 10.1. The second-order valence-electron chi connectivity index (χ2n) is 3.68. The molecule has 0 aliphatic heterocycles. The van der Waals surface area contributed by atoms with Crippen LogP contribution in [0, 0.1) is 0 Å². The molecular formula is C11H16N2O4S. The van der Waals surface area contributed by atoms with Crippen molar-refractivity contribution in [3.63, 3.8) is 0 Å². The highest BCUT2D eigenvalue weighted by molar-refractivity contribution is 7.13. The van der Waals surface area contributed by atoms with Crippen LogP contribution in [0.4, 0.5) is 5.13 Å². The maximum absolute atomic E-state index is 11.4. The minimum Gasteiger partial charge on any atom is -0.481 e. The summed E-state index contributed by atoms with van der Waals surface area (Å²) in [5, 5.41) is 13.6. The van der Waals surface area contributed by atoms with Crippen LogP contribution < -0.4 is 5.32 Å². The lowest BCUT2D eigenvalue weighted by Crippen LogP contribution is -2.13. The first-order chi connectivity index (χ1) is 8.61. The van der Waals surface area contributed by atoms with Crippen molar-refractivity contribution in [2.45, 2.75) is 25.7 Å². The highest BCUT2D eigenvalue weighted by Gasteiger charge is 2.07. The Morgan fingerprint density at radius 1 is 1.50 bits per heavy atom. The molecule has 7 heteroatoms. The van der Waals surface area contributed by atoms with Gasteiger partial charge in [-0.05, 0) is 12.8 Å². The van der Waals surface area contributed by atoms with Crippen molar-refractivity contribution < 1.29 is 19.4 Å². The number of aromatic nitrogens is 1. The quantitative estimate of drug-likeness (QED) is 0.749. The van der Waals surface area contributed by atoms with E-state index in [1.807, 2.05) is 5.38 Å². The van der Waals surface area contributed by atoms with Crippen LogP contribution in [0.15, 0.2) is 5.38 Å². The lowest BCUT2D eigenvalue weighted by atomic mass is 10.2. The van der Waals surface area contributed by atoms with Crippen LogP contribution in [-0.2, 0) is 20.7 Å². The summed E-state index contributed by atoms with van der Waals surface area (Å²) in [5.74, 6) is -0.943. The number of thiazole rings is 1. The first kappa shape index (κ1) is 14.6. The number of carbonyl (C=O) groups is 2. The van der Waals surface area contributed by atoms with Gasteiger partial charge in [0.25, 0.3) is 0 Å². The molecule has 0 aromatic carbocycles. The number of anilines is 1. The van der Waals surface area contributed by atoms with Crippen molar-refractivity contribution in [1.29, 1.82) is 0 Å². The molecule has 1 amide bonds. The number of carbonyl (C=O) groups excluding carboxylic acids is 1. The smallest absolute Gasteiger partial charge is 0.303 e. The van der Waals surface area contributed by atoms with Crippen molar-refractivity contribution in [2.75, 3.05) is 19.0 Å². The van der Waals surface area contributed by atoms with Crippen LogP contribution in [0.3, 0.4) is 0 Å². The standard InChI is InChI=1S/C11H16N2O4S/c1-17-6-5-9(14)13-11-12-8(7-18-11)3-2-4-10(15)16/h7H,2-6H2,1H3,(H,15,16)(H,12,13,14). The number of hydrogen-bond donors (Lipinski definition) is 2. The Labute approximate surface area is 109 Å². The van der Waals surface area contributed by atoms with Gasteiger partial charge < -0.3 is 15.2 Å². The molecule has 0 bridgehead atoms. The highest BCUT2D eigenvalue weighted by atomic mass is 32.1. The van der Waals surface area contributed by atoms with Crippen LogP contribution in [0.1, 0.15) is 25.0 Å². The fourth-order valence-corrected chi connectivity index (χ4v) is 2.04. The number of nitrogens with zero attached hydrogens (tertiary/aromatic N) is 1. The SMILES string of the molecule is COCCC(=O)Nc1nc(CCCC(=O)O)cs1. The third-order valence-corrected chi connectivity index (χ3v) is 2.96. The van der Waals surface area contributed by atoms with Gasteiger partial charge in [0, 0.05) is 18.9 Å². The van der Waals surface area contributed by atoms with Gasteiger partial charge in [0.05, 0.1) is 18.7 Å². The Hall–Kier alpha value is -1.47. The van der Waals surface area contributed by atoms with E-state index in [-0.39, 0.29) is 12.3 Å². The number of aliphatic carboxylic acids is 1. The second kappa shape index (κ2) is 7.78. The average Bonchev–Trinajstić information content (AvgIpc) is 2.73. The highest BCUT2D eigenvalue weighted by Crippen LogP contribution is 2.17. The van der Waals surface area contributed by atoms with Crippen molar-refractivity contribution in [3.05, 3.63) is 11.1 Å². The molecule has 6 nitrogen and oxygen atoms in total. The largest absolute Gasteiger partial charge is 0.481 e. The topological polar surface area (TPSA) is 88.5 Å². The molecule has 0 aliphatic rings. The van der Waals surface area contributed by atoms with Crippen LogP contribution in [-0.4, -0.2) is 35.7 Å². The van der Waals surface area contributed by atoms with E-state index >= 15 is 0 Å². The number of rotatable bonds is 8. The number of nitrogens with one attached hydrogen (secondary N) is 1. The van der Waals surface area contributed by atoms with Gasteiger partial charge in [-0.15, -0.1) is 11.3 Å². The van der Waals surface area contributed by atoms with E-state index in [9.17, 15) is 9.59 Å². The zero-order chi connectivity index (χ0) is 13.4. The van der Waals surface area contributed by atoms with E-state index in [0.717, 1.165) is 5.69 Å². The number of aryl methyl sites for hydroxylation is 1. The second-order valence-corrected chi connectivity index (χ2v) is 4.54. The molecule has 1 heterocycles. The van der Waals surface area contributed by atoms with Gasteiger partial charge in [-0.3, -0.25) is 9.59 Å². The van der Waals surface area contributed by atoms with E-state index < -0.39 is 5.97 Å². The number of ether oxygens (including phenoxy) is 1. The van der Waals surface area contributed by atoms with E-state index in [1.54, 1.807) is 0 Å². The minimum atomic E-state index is -0.807. The van der Waals surface area contributed by atoms with Gasteiger partial charge in [0.15, 0.2) is 5.13 Å². The lowest BCUT2D eigenvalue weighted by molar-refractivity contribution is -0.137. The van der Waals surface area contributed by atoms with Gasteiger partial charge in [0.1, 0.15) is 0 Å². The molecule has 2 N–H and O–H groups in total. The fourth-order valence-electron chi connectivity index (χ4n) is 1.28. The van der Waals surface area contributed by atoms with Crippen LogP contribution in [0.5, 0.6) is 0 Å². The van der Waals surface area contributed by atoms with Crippen molar-refractivity contribution in [1.82, 2.24) is 4.98 Å². The van der Waals surface area contributed by atoms with Gasteiger partial charge >= 0.3 is 5.97 Å². The molecule has 1 aromatic heterocycles. The molecule has 100 valence electrons. The van der Waals surface area contributed by atoms with Crippen molar-refractivity contribution >= 4 is 28.3 Å². The summed E-state index contributed by atoms with van der Waals surface area (Å²) in [6.45, 7) is 0.378. The first-order valence-corrected chi connectivity index (χ1v) is 6.44. The number of carboxylic acid groups (broad SMARTS) is 1. The van der Waals surface area contributed by atoms with E-state index in [2.05, 4.69) is 10.3 Å². The van der Waals surface area contributed by atoms with Crippen molar-refractivity contribution in [2.24, 2.45) is 0 Å². The normalized spacial score (nSPS) is 10.3. The van der Waals surface area contributed by atoms with E-state index in [1.165, 1.54) is 18.4 Å². The first-order valence-electron chi connectivity index (χ1n) is 5.57. The van der Waals surface area contributed by atoms with Crippen LogP contribution in [0.2, 0.25) is 0 Å². The molecule has 0 radical (unpaired) electrons. The third kappa shape index (κ3) is 5.74. The number of hydrogen-bond acceptors (Lipinski definition) is 5. The summed E-state index contributed by atoms with van der Waals surface area (Å²) in [7, 11) is 1.54. The van der Waals surface area contributed by atoms with Crippen LogP contribution >= 0.6 is 11.3 Å². The molecular weight excluding hydrogens is 256 g/mol. The van der Waals surface area contributed by atoms with Gasteiger partial charge in [0.2, 0.25) is 5.91 Å². The summed E-state index contributed by atoms with van der Waals surface area (Å²) in [5.41, 5.74) is 0.809. The lowest BCUT2D eigenvalue weighted by Gasteiger charge is -2.00. The molecule has 0 saturated heterocycles. The molecule has 0 atom stereocenters. The summed E-state index contributed by atoms with van der Waals surface area (Å²) in [6.07, 6.45) is 1.59. The Bertz CT molecular complexity index is 406. The molecule has 18 heavy (non-hydrogen) atoms. The Morgan fingerprint density at radius 2 is 2.28 bits per heavy atom. The number of carboxylic acids is 1. The summed E-state index contributed by atoms with van der Waals surface area (Å²) in [6, 6.07) is 0. The minimum absolute atomic E-state index is 0.132. The molecule has 0 fully saturated rings. The van der Waals surface area contributed by atoms with Gasteiger partial charge in [-0.25, -0.2) is 4.98 Å². The molecule has 0 saturated carbocycles. The summed E-state index contributed by atoms with van der Waals surface area (Å²) in [4.78, 5) is 25.9. The molecule has 0 spiro atoms. The van der Waals surface area contributed by atoms with Crippen molar-refractivity contribution in [3.8, 4) is 0 Å². The monoisotopic (exact) mass is 272 g/mol. The zero-order valence-corrected chi connectivity index (χ0v) is 11.0. The third-order valence-electron chi connectivity index (χ3n) is 2.15. The number of methoxy groups -OCH3 is 1. The summed E-state index contributed by atoms with van der Waals surface area (Å²) >= 11 is 1.34. The van der Waals surface area contributed by atoms with E-state index in [0.29, 0.717) is 31.0 Å². The molecule has 1 aromatic rings. The predicted molar refractivity (Wildman–Crippen MR) is 67.8 cm³/mol. The maximum atomic E-state index is 11.4. The Kier molecular flexibility index (Phi) is 6.31. The summed E-state index contributed by atoms with van der Waals surface area (Å²) < 4.78 is 4.80. The average molecular weight is 272 g/mol. The fraction of sp³-hybridized carbons (Fsp3) is 0.545. The maximum Gasteiger partial charge on any atom is 0.303 e. The molecule has 0 aliphatic carbocycles. The Balaban J connectivity index is 2.33. The molecule has 1 rings (SSSR count). The number of amides is 1. The van der Waals surface area contributed by atoms with Gasteiger partial charge in [-0.2, -0.15) is 0 Å². The Morgan fingerprint density at radius 3 is 2.94 bits per heavy atom. The molecule has 0 unspecified atom stereocenters. The predicted octanol–water partition coefficient (Wildman–Crippen LogP) is 1.53. The van der Waals surface area contributed by atoms with Gasteiger partial charge in [-0.1, -0.05) is 0 Å². The van der Waals surface area contributed by atoms with Crippen LogP contribution in [0.25, 0.3) is 0 Å².